The van der Waals surface area contributed by atoms with Gasteiger partial charge in [0.25, 0.3) is 0 Å². The molecule has 0 aliphatic heterocycles. The first-order chi connectivity index (χ1) is 11.5. The molecule has 0 aliphatic rings. The van der Waals surface area contributed by atoms with Gasteiger partial charge >= 0.3 is 0 Å². The summed E-state index contributed by atoms with van der Waals surface area (Å²) in [6.45, 7) is 0.236. The van der Waals surface area contributed by atoms with E-state index >= 15 is 0 Å². The van der Waals surface area contributed by atoms with Crippen LogP contribution >= 0.6 is 0 Å². The van der Waals surface area contributed by atoms with E-state index in [1.807, 2.05) is 36.5 Å². The van der Waals surface area contributed by atoms with Gasteiger partial charge in [0, 0.05) is 18.9 Å². The van der Waals surface area contributed by atoms with Crippen molar-refractivity contribution in [3.05, 3.63) is 78.4 Å². The van der Waals surface area contributed by atoms with E-state index in [4.69, 9.17) is 0 Å². The van der Waals surface area contributed by atoms with Crippen LogP contribution in [0, 0.1) is 5.82 Å². The van der Waals surface area contributed by atoms with Crippen molar-refractivity contribution >= 4 is 10.0 Å². The minimum atomic E-state index is -3.70. The third kappa shape index (κ3) is 3.87. The van der Waals surface area contributed by atoms with Crippen LogP contribution in [0.3, 0.4) is 0 Å². The van der Waals surface area contributed by atoms with E-state index in [-0.39, 0.29) is 11.4 Å². The highest BCUT2D eigenvalue weighted by Gasteiger charge is 2.13. The molecule has 1 heterocycles. The van der Waals surface area contributed by atoms with Crippen LogP contribution in [0.5, 0.6) is 0 Å². The number of halogens is 1. The first-order valence-corrected chi connectivity index (χ1v) is 8.87. The molecule has 0 radical (unpaired) electrons. The Kier molecular flexibility index (Phi) is 4.73. The highest BCUT2D eigenvalue weighted by atomic mass is 32.2. The fourth-order valence-corrected chi connectivity index (χ4v) is 3.35. The molecule has 3 aromatic rings. The molecular weight excluding hydrogens is 329 g/mol. The topological polar surface area (TPSA) is 64.0 Å². The van der Waals surface area contributed by atoms with Gasteiger partial charge in [-0.2, -0.15) is 5.10 Å². The van der Waals surface area contributed by atoms with Crippen LogP contribution < -0.4 is 4.72 Å². The molecule has 7 heteroatoms. The smallest absolute Gasteiger partial charge is 0.240 e. The van der Waals surface area contributed by atoms with Gasteiger partial charge in [-0.3, -0.25) is 0 Å². The average Bonchev–Trinajstić information content (AvgIpc) is 3.10. The number of benzene rings is 2. The van der Waals surface area contributed by atoms with Crippen molar-refractivity contribution in [2.24, 2.45) is 0 Å². The van der Waals surface area contributed by atoms with E-state index in [1.165, 1.54) is 18.2 Å². The zero-order valence-electron chi connectivity index (χ0n) is 12.8. The zero-order chi connectivity index (χ0) is 17.0. The Hall–Kier alpha value is -2.51. The summed E-state index contributed by atoms with van der Waals surface area (Å²) in [4.78, 5) is -0.0727. The monoisotopic (exact) mass is 345 g/mol. The Morgan fingerprint density at radius 2 is 1.88 bits per heavy atom. The van der Waals surface area contributed by atoms with Gasteiger partial charge in [-0.15, -0.1) is 0 Å². The maximum atomic E-state index is 13.1. The Labute approximate surface area is 139 Å². The summed E-state index contributed by atoms with van der Waals surface area (Å²) in [6, 6.07) is 14.5. The van der Waals surface area contributed by atoms with E-state index in [1.54, 1.807) is 10.9 Å². The van der Waals surface area contributed by atoms with E-state index in [2.05, 4.69) is 9.82 Å². The maximum absolute atomic E-state index is 13.1. The minimum Gasteiger partial charge on any atom is -0.241 e. The number of hydrogen-bond acceptors (Lipinski definition) is 3. The SMILES string of the molecule is O=S(=O)(NCCc1ccc(-n2cccn2)cc1)c1cccc(F)c1. The Morgan fingerprint density at radius 1 is 1.08 bits per heavy atom. The number of nitrogens with zero attached hydrogens (tertiary/aromatic N) is 2. The molecule has 0 aliphatic carbocycles. The van der Waals surface area contributed by atoms with Crippen molar-refractivity contribution in [1.29, 1.82) is 0 Å². The molecule has 0 unspecified atom stereocenters. The van der Waals surface area contributed by atoms with E-state index in [9.17, 15) is 12.8 Å². The van der Waals surface area contributed by atoms with Gasteiger partial charge in [-0.05, 0) is 48.4 Å². The van der Waals surface area contributed by atoms with Crippen LogP contribution in [-0.4, -0.2) is 24.7 Å². The Bertz CT molecular complexity index is 907. The lowest BCUT2D eigenvalue weighted by Gasteiger charge is -2.08. The molecule has 124 valence electrons. The van der Waals surface area contributed by atoms with Gasteiger partial charge < -0.3 is 0 Å². The summed E-state index contributed by atoms with van der Waals surface area (Å²) in [5.74, 6) is -0.577. The second kappa shape index (κ2) is 6.94. The maximum Gasteiger partial charge on any atom is 0.240 e. The van der Waals surface area contributed by atoms with Crippen molar-refractivity contribution in [2.75, 3.05) is 6.54 Å². The number of sulfonamides is 1. The predicted octanol–water partition coefficient (Wildman–Crippen LogP) is 2.53. The summed E-state index contributed by atoms with van der Waals surface area (Å²) in [6.07, 6.45) is 4.09. The van der Waals surface area contributed by atoms with Crippen LogP contribution in [0.25, 0.3) is 5.69 Å². The lowest BCUT2D eigenvalue weighted by Crippen LogP contribution is -2.26. The molecule has 0 spiro atoms. The van der Waals surface area contributed by atoms with Crippen molar-refractivity contribution in [3.63, 3.8) is 0 Å². The zero-order valence-corrected chi connectivity index (χ0v) is 13.6. The number of nitrogens with one attached hydrogen (secondary N) is 1. The standard InChI is InChI=1S/C17H16FN3O2S/c18-15-3-1-4-17(13-15)24(22,23)20-11-9-14-5-7-16(8-6-14)21-12-2-10-19-21/h1-8,10,12-13,20H,9,11H2. The summed E-state index contributed by atoms with van der Waals surface area (Å²) in [5.41, 5.74) is 1.93. The van der Waals surface area contributed by atoms with Gasteiger partial charge in [0.2, 0.25) is 10.0 Å². The number of rotatable bonds is 6. The molecule has 0 bridgehead atoms. The molecule has 24 heavy (non-hydrogen) atoms. The molecule has 0 saturated heterocycles. The molecule has 3 rings (SSSR count). The fourth-order valence-electron chi connectivity index (χ4n) is 2.28. The third-order valence-electron chi connectivity index (χ3n) is 3.52. The molecular formula is C17H16FN3O2S. The minimum absolute atomic E-state index is 0.0727. The molecule has 2 aromatic carbocycles. The normalized spacial score (nSPS) is 11.5. The largest absolute Gasteiger partial charge is 0.241 e. The van der Waals surface area contributed by atoms with Crippen molar-refractivity contribution < 1.29 is 12.8 Å². The summed E-state index contributed by atoms with van der Waals surface area (Å²) in [5, 5.41) is 4.15. The van der Waals surface area contributed by atoms with Crippen molar-refractivity contribution in [2.45, 2.75) is 11.3 Å². The van der Waals surface area contributed by atoms with Crippen LogP contribution in [-0.2, 0) is 16.4 Å². The van der Waals surface area contributed by atoms with Gasteiger partial charge in [-0.25, -0.2) is 22.2 Å². The number of aromatic nitrogens is 2. The molecule has 0 saturated carbocycles. The van der Waals surface area contributed by atoms with E-state index in [0.29, 0.717) is 6.42 Å². The fraction of sp³-hybridized carbons (Fsp3) is 0.118. The average molecular weight is 345 g/mol. The van der Waals surface area contributed by atoms with Crippen LogP contribution in [0.4, 0.5) is 4.39 Å². The molecule has 5 nitrogen and oxygen atoms in total. The van der Waals surface area contributed by atoms with Gasteiger partial charge in [0.05, 0.1) is 10.6 Å². The quantitative estimate of drug-likeness (QED) is 0.747. The highest BCUT2D eigenvalue weighted by molar-refractivity contribution is 7.89. The van der Waals surface area contributed by atoms with E-state index in [0.717, 1.165) is 17.3 Å². The van der Waals surface area contributed by atoms with Crippen molar-refractivity contribution in [1.82, 2.24) is 14.5 Å². The summed E-state index contributed by atoms with van der Waals surface area (Å²) >= 11 is 0. The molecule has 1 aromatic heterocycles. The lowest BCUT2D eigenvalue weighted by atomic mass is 10.1. The first-order valence-electron chi connectivity index (χ1n) is 7.39. The first kappa shape index (κ1) is 16.4. The second-order valence-electron chi connectivity index (χ2n) is 5.22. The van der Waals surface area contributed by atoms with Gasteiger partial charge in [0.1, 0.15) is 5.82 Å². The molecule has 0 atom stereocenters. The van der Waals surface area contributed by atoms with Gasteiger partial charge in [-0.1, -0.05) is 18.2 Å². The molecule has 0 fully saturated rings. The summed E-state index contributed by atoms with van der Waals surface area (Å²) in [7, 11) is -3.70. The molecule has 1 N–H and O–H groups in total. The van der Waals surface area contributed by atoms with Crippen molar-refractivity contribution in [3.8, 4) is 5.69 Å². The Balaban J connectivity index is 1.60. The molecule has 0 amide bonds. The third-order valence-corrected chi connectivity index (χ3v) is 4.98. The van der Waals surface area contributed by atoms with E-state index < -0.39 is 15.8 Å². The second-order valence-corrected chi connectivity index (χ2v) is 6.99. The van der Waals surface area contributed by atoms with Gasteiger partial charge in [0.15, 0.2) is 0 Å². The summed E-state index contributed by atoms with van der Waals surface area (Å²) < 4.78 is 41.6. The Morgan fingerprint density at radius 3 is 2.54 bits per heavy atom. The van der Waals surface area contributed by atoms with Crippen LogP contribution in [0.2, 0.25) is 0 Å². The highest BCUT2D eigenvalue weighted by Crippen LogP contribution is 2.11. The predicted molar refractivity (Wildman–Crippen MR) is 88.9 cm³/mol. The number of hydrogen-bond donors (Lipinski definition) is 1. The lowest BCUT2D eigenvalue weighted by molar-refractivity contribution is 0.577. The van der Waals surface area contributed by atoms with Crippen LogP contribution in [0.15, 0.2) is 71.9 Å². The van der Waals surface area contributed by atoms with Crippen LogP contribution in [0.1, 0.15) is 5.56 Å².